The molecule has 0 bridgehead atoms. The first-order valence-electron chi connectivity index (χ1n) is 16.1. The van der Waals surface area contributed by atoms with Gasteiger partial charge < -0.3 is 68.3 Å². The molecule has 14 N–H and O–H groups in total. The van der Waals surface area contributed by atoms with E-state index in [1.807, 2.05) is 11.8 Å². The summed E-state index contributed by atoms with van der Waals surface area (Å²) in [6.07, 6.45) is -8.06. The fraction of sp³-hybridized carbons (Fsp3) is 0.633. The van der Waals surface area contributed by atoms with Crippen LogP contribution in [0.4, 0.5) is 10.5 Å². The van der Waals surface area contributed by atoms with E-state index in [4.69, 9.17) is 15.9 Å². The molecule has 0 aliphatic carbocycles. The Hall–Kier alpha value is -3.56. The summed E-state index contributed by atoms with van der Waals surface area (Å²) in [5.74, 6) is -1.73. The standard InChI is InChI=1S/C30H47N7O11S/c31-7-3-8-33-26(43)15-11-16(13-17(12-15)35-28(45)24(41)22(39)23(40)25(42)29(46)47)27(44)34-10-4-9-32-20(38)6-2-1-5-19-21-18(14-49-19)36-30(48)37-21/h11-13,18-19,21-25,29,39-42,46-47H,1-10,14,31H2,(H,32,38)(H,33,43)(H,34,44)(H,35,45)(H2,36,37,48). The predicted molar refractivity (Wildman–Crippen MR) is 177 cm³/mol. The number of carbonyl (C=O) groups is 5. The van der Waals surface area contributed by atoms with Crippen LogP contribution in [-0.2, 0) is 9.59 Å². The summed E-state index contributed by atoms with van der Waals surface area (Å²) in [6, 6.07) is 3.85. The van der Waals surface area contributed by atoms with Gasteiger partial charge in [0.1, 0.15) is 18.3 Å². The highest BCUT2D eigenvalue weighted by Crippen LogP contribution is 2.33. The minimum atomic E-state index is -2.46. The molecule has 2 aliphatic rings. The number of thioether (sulfide) groups is 1. The Bertz CT molecular complexity index is 1310. The van der Waals surface area contributed by atoms with Crippen LogP contribution in [0.3, 0.4) is 0 Å². The van der Waals surface area contributed by atoms with Gasteiger partial charge in [-0.15, -0.1) is 0 Å². The van der Waals surface area contributed by atoms with Gasteiger partial charge in [-0.05, 0) is 50.4 Å². The van der Waals surface area contributed by atoms with Crippen molar-refractivity contribution < 1.29 is 54.6 Å². The summed E-state index contributed by atoms with van der Waals surface area (Å²) >= 11 is 1.83. The van der Waals surface area contributed by atoms with Crippen molar-refractivity contribution in [1.82, 2.24) is 26.6 Å². The lowest BCUT2D eigenvalue weighted by Crippen LogP contribution is -2.52. The van der Waals surface area contributed by atoms with Crippen molar-refractivity contribution >= 4 is 47.1 Å². The van der Waals surface area contributed by atoms with Crippen LogP contribution in [0.1, 0.15) is 59.2 Å². The van der Waals surface area contributed by atoms with Crippen LogP contribution < -0.4 is 37.6 Å². The molecule has 274 valence electrons. The minimum Gasteiger partial charge on any atom is -0.387 e. The molecule has 2 aliphatic heterocycles. The summed E-state index contributed by atoms with van der Waals surface area (Å²) in [7, 11) is 0. The molecule has 3 rings (SSSR count). The number of carbonyl (C=O) groups excluding carboxylic acids is 5. The number of unbranched alkanes of at least 4 members (excludes halogenated alkanes) is 1. The lowest BCUT2D eigenvalue weighted by molar-refractivity contribution is -0.189. The maximum atomic E-state index is 13.0. The van der Waals surface area contributed by atoms with Gasteiger partial charge in [0.25, 0.3) is 17.7 Å². The van der Waals surface area contributed by atoms with Gasteiger partial charge in [0.05, 0.1) is 12.1 Å². The van der Waals surface area contributed by atoms with Gasteiger partial charge in [0, 0.05) is 53.9 Å². The predicted octanol–water partition coefficient (Wildman–Crippen LogP) is -3.58. The molecular weight excluding hydrogens is 666 g/mol. The summed E-state index contributed by atoms with van der Waals surface area (Å²) < 4.78 is 0. The molecule has 18 nitrogen and oxygen atoms in total. The average molecular weight is 714 g/mol. The molecule has 19 heteroatoms. The molecule has 2 fully saturated rings. The van der Waals surface area contributed by atoms with E-state index in [2.05, 4.69) is 31.9 Å². The molecule has 2 saturated heterocycles. The Morgan fingerprint density at radius 3 is 2.08 bits per heavy atom. The van der Waals surface area contributed by atoms with Crippen molar-refractivity contribution in [3.63, 3.8) is 0 Å². The summed E-state index contributed by atoms with van der Waals surface area (Å²) in [4.78, 5) is 62.1. The first-order valence-corrected chi connectivity index (χ1v) is 17.1. The maximum Gasteiger partial charge on any atom is 0.315 e. The van der Waals surface area contributed by atoms with Crippen molar-refractivity contribution in [3.05, 3.63) is 29.3 Å². The third kappa shape index (κ3) is 12.1. The minimum absolute atomic E-state index is 0.0304. The van der Waals surface area contributed by atoms with Crippen LogP contribution in [-0.4, -0.2) is 140 Å². The highest BCUT2D eigenvalue weighted by molar-refractivity contribution is 8.00. The smallest absolute Gasteiger partial charge is 0.315 e. The Morgan fingerprint density at radius 2 is 1.45 bits per heavy atom. The zero-order valence-electron chi connectivity index (χ0n) is 26.8. The third-order valence-electron chi connectivity index (χ3n) is 8.03. The second kappa shape index (κ2) is 19.6. The molecule has 1 aromatic carbocycles. The molecule has 0 radical (unpaired) electrons. The molecule has 6 amide bonds. The maximum absolute atomic E-state index is 13.0. The van der Waals surface area contributed by atoms with E-state index in [0.29, 0.717) is 44.0 Å². The average Bonchev–Trinajstić information content (AvgIpc) is 3.63. The SMILES string of the molecule is NCCCNC(=O)c1cc(NC(=O)C(O)C(O)C(O)C(O)C(O)O)cc(C(=O)NCCCNC(=O)CCCCC2SCC3NC(=O)NC32)c1. The van der Waals surface area contributed by atoms with Crippen molar-refractivity contribution in [2.45, 2.75) is 86.6 Å². The molecule has 7 atom stereocenters. The van der Waals surface area contributed by atoms with Gasteiger partial charge in [-0.2, -0.15) is 11.8 Å². The molecule has 2 heterocycles. The molecule has 49 heavy (non-hydrogen) atoms. The van der Waals surface area contributed by atoms with Crippen LogP contribution in [0.5, 0.6) is 0 Å². The zero-order valence-corrected chi connectivity index (χ0v) is 27.7. The molecule has 0 saturated carbocycles. The Balaban J connectivity index is 1.48. The molecule has 7 unspecified atom stereocenters. The quantitative estimate of drug-likeness (QED) is 0.0354. The first-order chi connectivity index (χ1) is 23.3. The van der Waals surface area contributed by atoms with Crippen LogP contribution in [0, 0.1) is 0 Å². The Kier molecular flexibility index (Phi) is 15.9. The molecule has 0 spiro atoms. The number of fused-ring (bicyclic) bond motifs is 1. The second-order valence-corrected chi connectivity index (χ2v) is 13.1. The molecule has 1 aromatic rings. The highest BCUT2D eigenvalue weighted by atomic mass is 32.2. The second-order valence-electron chi connectivity index (χ2n) is 11.8. The largest absolute Gasteiger partial charge is 0.387 e. The van der Waals surface area contributed by atoms with E-state index in [1.165, 1.54) is 18.2 Å². The number of aliphatic hydroxyl groups is 6. The number of nitrogens with one attached hydrogen (secondary N) is 6. The summed E-state index contributed by atoms with van der Waals surface area (Å²) in [5.41, 5.74) is 5.26. The van der Waals surface area contributed by atoms with Crippen LogP contribution in [0.2, 0.25) is 0 Å². The van der Waals surface area contributed by atoms with Gasteiger partial charge in [-0.25, -0.2) is 4.79 Å². The van der Waals surface area contributed by atoms with E-state index >= 15 is 0 Å². The van der Waals surface area contributed by atoms with Crippen molar-refractivity contribution in [2.75, 3.05) is 37.2 Å². The van der Waals surface area contributed by atoms with E-state index < -0.39 is 48.4 Å². The topological polar surface area (TPSA) is 305 Å². The van der Waals surface area contributed by atoms with Crippen molar-refractivity contribution in [1.29, 1.82) is 0 Å². The summed E-state index contributed by atoms with van der Waals surface area (Å²) in [5, 5.41) is 74.1. The molecule has 0 aromatic heterocycles. The normalized spacial score (nSPS) is 20.7. The number of hydrogen-bond acceptors (Lipinski definition) is 13. The van der Waals surface area contributed by atoms with Gasteiger partial charge in [-0.1, -0.05) is 6.42 Å². The number of aliphatic hydroxyl groups excluding tert-OH is 5. The zero-order chi connectivity index (χ0) is 36.1. The van der Waals surface area contributed by atoms with Gasteiger partial charge >= 0.3 is 6.03 Å². The van der Waals surface area contributed by atoms with E-state index in [1.54, 1.807) is 0 Å². The fourth-order valence-corrected chi connectivity index (χ4v) is 6.83. The van der Waals surface area contributed by atoms with E-state index in [9.17, 15) is 44.4 Å². The monoisotopic (exact) mass is 713 g/mol. The van der Waals surface area contributed by atoms with Crippen LogP contribution in [0.15, 0.2) is 18.2 Å². The van der Waals surface area contributed by atoms with Crippen molar-refractivity contribution in [2.24, 2.45) is 5.73 Å². The number of rotatable bonds is 20. The number of nitrogens with two attached hydrogens (primary N) is 1. The first kappa shape index (κ1) is 39.9. The number of hydrogen-bond donors (Lipinski definition) is 13. The van der Waals surface area contributed by atoms with Gasteiger partial charge in [0.2, 0.25) is 5.91 Å². The number of anilines is 1. The highest BCUT2D eigenvalue weighted by Gasteiger charge is 2.42. The Morgan fingerprint density at radius 1 is 0.816 bits per heavy atom. The van der Waals surface area contributed by atoms with Crippen LogP contribution in [0.25, 0.3) is 0 Å². The molecular formula is C30H47N7O11S. The lowest BCUT2D eigenvalue weighted by atomic mass is 10.0. The number of urea groups is 1. The number of benzene rings is 1. The Labute approximate surface area is 287 Å². The number of amides is 6. The van der Waals surface area contributed by atoms with E-state index in [0.717, 1.165) is 18.6 Å². The summed E-state index contributed by atoms with van der Waals surface area (Å²) in [6.45, 7) is 1.02. The van der Waals surface area contributed by atoms with Crippen LogP contribution >= 0.6 is 11.8 Å². The van der Waals surface area contributed by atoms with Crippen molar-refractivity contribution in [3.8, 4) is 0 Å². The fourth-order valence-electron chi connectivity index (χ4n) is 5.29. The van der Waals surface area contributed by atoms with Gasteiger partial charge in [0.15, 0.2) is 12.4 Å². The lowest BCUT2D eigenvalue weighted by Gasteiger charge is -2.26. The third-order valence-corrected chi connectivity index (χ3v) is 9.54. The van der Waals surface area contributed by atoms with E-state index in [-0.39, 0.29) is 53.9 Å². The van der Waals surface area contributed by atoms with Gasteiger partial charge in [-0.3, -0.25) is 19.2 Å².